The largest absolute Gasteiger partial charge is 0.383 e. The maximum Gasteiger partial charge on any atom is 0.0623 e. The van der Waals surface area contributed by atoms with Crippen LogP contribution in [0.15, 0.2) is 0 Å². The molecule has 0 aromatic carbocycles. The van der Waals surface area contributed by atoms with Crippen LogP contribution in [0.1, 0.15) is 19.8 Å². The summed E-state index contributed by atoms with van der Waals surface area (Å²) in [6, 6.07) is 1.21. The minimum absolute atomic E-state index is 0.515. The van der Waals surface area contributed by atoms with E-state index in [2.05, 4.69) is 17.1 Å². The summed E-state index contributed by atoms with van der Waals surface area (Å²) in [5, 5.41) is 3.38. The summed E-state index contributed by atoms with van der Waals surface area (Å²) in [5.74, 6) is 1.53. The Kier molecular flexibility index (Phi) is 5.42. The predicted octanol–water partition coefficient (Wildman–Crippen LogP) is 0.968. The molecular formula is C14H28N2O2. The van der Waals surface area contributed by atoms with Gasteiger partial charge in [-0.1, -0.05) is 0 Å². The smallest absolute Gasteiger partial charge is 0.0623 e. The first kappa shape index (κ1) is 14.3. The normalized spacial score (nSPS) is 30.0. The summed E-state index contributed by atoms with van der Waals surface area (Å²) in [6.45, 7) is 7.13. The third-order valence-corrected chi connectivity index (χ3v) is 4.50. The number of rotatable bonds is 8. The highest BCUT2D eigenvalue weighted by molar-refractivity contribution is 4.89. The Morgan fingerprint density at radius 3 is 2.78 bits per heavy atom. The first-order chi connectivity index (χ1) is 8.76. The number of hydrogen-bond donors (Lipinski definition) is 1. The van der Waals surface area contributed by atoms with Crippen LogP contribution >= 0.6 is 0 Å². The van der Waals surface area contributed by atoms with Gasteiger partial charge < -0.3 is 14.8 Å². The van der Waals surface area contributed by atoms with Gasteiger partial charge in [0.05, 0.1) is 19.8 Å². The van der Waals surface area contributed by atoms with Gasteiger partial charge >= 0.3 is 0 Å². The molecule has 4 nitrogen and oxygen atoms in total. The van der Waals surface area contributed by atoms with Crippen molar-refractivity contribution in [1.82, 2.24) is 10.2 Å². The summed E-state index contributed by atoms with van der Waals surface area (Å²) in [6.07, 6.45) is 2.81. The van der Waals surface area contributed by atoms with Gasteiger partial charge in [0.15, 0.2) is 0 Å². The Balaban J connectivity index is 1.86. The van der Waals surface area contributed by atoms with Gasteiger partial charge in [0.1, 0.15) is 0 Å². The van der Waals surface area contributed by atoms with Crippen molar-refractivity contribution in [1.29, 1.82) is 0 Å². The van der Waals surface area contributed by atoms with Gasteiger partial charge in [0.2, 0.25) is 0 Å². The van der Waals surface area contributed by atoms with E-state index in [1.807, 2.05) is 7.05 Å². The van der Waals surface area contributed by atoms with Crippen molar-refractivity contribution in [3.63, 3.8) is 0 Å². The third-order valence-electron chi connectivity index (χ3n) is 4.50. The van der Waals surface area contributed by atoms with Gasteiger partial charge in [-0.25, -0.2) is 0 Å². The number of hydrogen-bond acceptors (Lipinski definition) is 4. The van der Waals surface area contributed by atoms with E-state index in [1.54, 1.807) is 7.11 Å². The zero-order chi connectivity index (χ0) is 13.0. The second-order valence-corrected chi connectivity index (χ2v) is 5.76. The molecule has 0 bridgehead atoms. The van der Waals surface area contributed by atoms with Gasteiger partial charge in [-0.05, 0) is 32.7 Å². The van der Waals surface area contributed by atoms with Gasteiger partial charge in [0.25, 0.3) is 0 Å². The molecule has 0 aromatic heterocycles. The zero-order valence-corrected chi connectivity index (χ0v) is 12.0. The summed E-state index contributed by atoms with van der Waals surface area (Å²) in [4.78, 5) is 2.60. The molecule has 3 atom stereocenters. The first-order valence-electron chi connectivity index (χ1n) is 7.24. The molecular weight excluding hydrogens is 228 g/mol. The Morgan fingerprint density at radius 1 is 1.39 bits per heavy atom. The molecule has 1 N–H and O–H groups in total. The average Bonchev–Trinajstić information content (AvgIpc) is 3.14. The van der Waals surface area contributed by atoms with Crippen molar-refractivity contribution in [2.75, 3.05) is 47.1 Å². The quantitative estimate of drug-likeness (QED) is 0.701. The molecule has 1 aliphatic carbocycles. The number of likely N-dealkylation sites (N-methyl/N-ethyl adjacent to an activating group) is 1. The van der Waals surface area contributed by atoms with Crippen LogP contribution in [0.25, 0.3) is 0 Å². The molecule has 0 spiro atoms. The van der Waals surface area contributed by atoms with Crippen molar-refractivity contribution >= 4 is 0 Å². The Labute approximate surface area is 111 Å². The van der Waals surface area contributed by atoms with Crippen LogP contribution in [0.3, 0.4) is 0 Å². The lowest BCUT2D eigenvalue weighted by Gasteiger charge is -2.32. The third kappa shape index (κ3) is 3.67. The Hall–Kier alpha value is -0.160. The Morgan fingerprint density at radius 2 is 2.17 bits per heavy atom. The van der Waals surface area contributed by atoms with E-state index in [0.29, 0.717) is 18.0 Å². The molecule has 2 aliphatic rings. The van der Waals surface area contributed by atoms with Crippen LogP contribution < -0.4 is 5.32 Å². The molecule has 0 amide bonds. The van der Waals surface area contributed by atoms with Crippen molar-refractivity contribution in [3.05, 3.63) is 0 Å². The highest BCUT2D eigenvalue weighted by Crippen LogP contribution is 2.35. The van der Waals surface area contributed by atoms with Crippen LogP contribution in [0.4, 0.5) is 0 Å². The molecule has 4 heteroatoms. The van der Waals surface area contributed by atoms with E-state index in [9.17, 15) is 0 Å². The number of nitrogens with zero attached hydrogens (tertiary/aromatic N) is 1. The molecule has 1 heterocycles. The van der Waals surface area contributed by atoms with Gasteiger partial charge in [-0.15, -0.1) is 0 Å². The van der Waals surface area contributed by atoms with E-state index >= 15 is 0 Å². The van der Waals surface area contributed by atoms with Crippen molar-refractivity contribution < 1.29 is 9.47 Å². The van der Waals surface area contributed by atoms with Gasteiger partial charge in [0, 0.05) is 38.2 Å². The predicted molar refractivity (Wildman–Crippen MR) is 72.8 cm³/mol. The summed E-state index contributed by atoms with van der Waals surface area (Å²) >= 11 is 0. The second-order valence-electron chi connectivity index (χ2n) is 5.76. The standard InChI is InChI=1S/C14H28N2O2/c1-11(12-4-5-12)16(6-7-17-3)8-13-9-18-10-14(13)15-2/h11-15H,4-10H2,1-3H3. The fourth-order valence-electron chi connectivity index (χ4n) is 2.95. The monoisotopic (exact) mass is 256 g/mol. The number of ether oxygens (including phenoxy) is 2. The molecule has 2 fully saturated rings. The van der Waals surface area contributed by atoms with Crippen LogP contribution in [0.5, 0.6) is 0 Å². The highest BCUT2D eigenvalue weighted by Gasteiger charge is 2.35. The lowest BCUT2D eigenvalue weighted by molar-refractivity contribution is 0.0959. The van der Waals surface area contributed by atoms with E-state index in [1.165, 1.54) is 12.8 Å². The lowest BCUT2D eigenvalue weighted by atomic mass is 10.0. The fraction of sp³-hybridized carbons (Fsp3) is 1.00. The van der Waals surface area contributed by atoms with Crippen LogP contribution in [0, 0.1) is 11.8 Å². The van der Waals surface area contributed by atoms with E-state index in [0.717, 1.165) is 38.8 Å². The average molecular weight is 256 g/mol. The SMILES string of the molecule is CNC1COCC1CN(CCOC)C(C)C1CC1. The maximum absolute atomic E-state index is 5.60. The topological polar surface area (TPSA) is 33.7 Å². The molecule has 1 saturated carbocycles. The first-order valence-corrected chi connectivity index (χ1v) is 7.24. The molecule has 0 aromatic rings. The molecule has 106 valence electrons. The van der Waals surface area contributed by atoms with E-state index in [4.69, 9.17) is 9.47 Å². The Bertz CT molecular complexity index is 246. The lowest BCUT2D eigenvalue weighted by Crippen LogP contribution is -2.45. The number of nitrogens with one attached hydrogen (secondary N) is 1. The summed E-state index contributed by atoms with van der Waals surface area (Å²) in [7, 11) is 3.82. The van der Waals surface area contributed by atoms with Crippen molar-refractivity contribution in [3.8, 4) is 0 Å². The molecule has 18 heavy (non-hydrogen) atoms. The minimum atomic E-state index is 0.515. The van der Waals surface area contributed by atoms with Crippen molar-refractivity contribution in [2.45, 2.75) is 31.8 Å². The highest BCUT2D eigenvalue weighted by atomic mass is 16.5. The van der Waals surface area contributed by atoms with Crippen LogP contribution in [0.2, 0.25) is 0 Å². The minimum Gasteiger partial charge on any atom is -0.383 e. The van der Waals surface area contributed by atoms with Gasteiger partial charge in [-0.2, -0.15) is 0 Å². The molecule has 0 radical (unpaired) electrons. The summed E-state index contributed by atoms with van der Waals surface area (Å²) < 4.78 is 10.9. The summed E-state index contributed by atoms with van der Waals surface area (Å²) in [5.41, 5.74) is 0. The van der Waals surface area contributed by atoms with E-state index in [-0.39, 0.29) is 0 Å². The van der Waals surface area contributed by atoms with E-state index < -0.39 is 0 Å². The number of methoxy groups -OCH3 is 1. The molecule has 1 saturated heterocycles. The van der Waals surface area contributed by atoms with Gasteiger partial charge in [-0.3, -0.25) is 4.90 Å². The second kappa shape index (κ2) is 6.85. The van der Waals surface area contributed by atoms with Crippen LogP contribution in [-0.4, -0.2) is 64.1 Å². The van der Waals surface area contributed by atoms with Crippen molar-refractivity contribution in [2.24, 2.45) is 11.8 Å². The fourth-order valence-corrected chi connectivity index (χ4v) is 2.95. The van der Waals surface area contributed by atoms with Crippen LogP contribution in [-0.2, 0) is 9.47 Å². The zero-order valence-electron chi connectivity index (χ0n) is 12.0. The molecule has 3 unspecified atom stereocenters. The molecule has 2 rings (SSSR count). The molecule has 1 aliphatic heterocycles. The maximum atomic E-state index is 5.60.